The molecule has 0 saturated carbocycles. The Bertz CT molecular complexity index is 1200. The standard InChI is InChI=1S/C31H26O6/c1-2-3-20-29(34-36-30(32)27-18-10-16-25(21-27)23-12-6-4-7-13-23)35-37-31(33)28-19-11-17-26(22-28)24-14-8-5-9-15-24/h4-19,21-22H,1-3,20H2. The number of hydrogen-bond acceptors (Lipinski definition) is 6. The molecule has 186 valence electrons. The molecule has 0 amide bonds. The Morgan fingerprint density at radius 2 is 0.973 bits per heavy atom. The van der Waals surface area contributed by atoms with Crippen LogP contribution in [0.5, 0.6) is 0 Å². The second kappa shape index (κ2) is 13.2. The summed E-state index contributed by atoms with van der Waals surface area (Å²) in [4.78, 5) is 45.4. The predicted molar refractivity (Wildman–Crippen MR) is 139 cm³/mol. The zero-order valence-corrected chi connectivity index (χ0v) is 20.2. The van der Waals surface area contributed by atoms with Gasteiger partial charge >= 0.3 is 18.2 Å². The van der Waals surface area contributed by atoms with Crippen LogP contribution < -0.4 is 0 Å². The van der Waals surface area contributed by atoms with Crippen molar-refractivity contribution in [1.29, 1.82) is 0 Å². The lowest BCUT2D eigenvalue weighted by Gasteiger charge is -2.13. The minimum absolute atomic E-state index is 0.163. The van der Waals surface area contributed by atoms with E-state index in [0.29, 0.717) is 24.0 Å². The van der Waals surface area contributed by atoms with Crippen LogP contribution in [0.15, 0.2) is 109 Å². The molecular weight excluding hydrogens is 468 g/mol. The van der Waals surface area contributed by atoms with E-state index in [4.69, 9.17) is 19.6 Å². The van der Waals surface area contributed by atoms with E-state index in [1.807, 2.05) is 72.8 Å². The summed E-state index contributed by atoms with van der Waals surface area (Å²) in [6.45, 7) is 3.78. The van der Waals surface area contributed by atoms with Gasteiger partial charge in [-0.2, -0.15) is 0 Å². The van der Waals surface area contributed by atoms with Gasteiger partial charge in [-0.05, 0) is 52.9 Å². The van der Waals surface area contributed by atoms with Crippen molar-refractivity contribution in [1.82, 2.24) is 0 Å². The summed E-state index contributed by atoms with van der Waals surface area (Å²) in [7, 11) is 0. The van der Waals surface area contributed by atoms with Crippen molar-refractivity contribution < 1.29 is 29.1 Å². The third kappa shape index (κ3) is 7.36. The summed E-state index contributed by atoms with van der Waals surface area (Å²) >= 11 is 0. The van der Waals surface area contributed by atoms with E-state index < -0.39 is 11.9 Å². The summed E-state index contributed by atoms with van der Waals surface area (Å²) in [6.07, 6.45) is 1.20. The van der Waals surface area contributed by atoms with Crippen LogP contribution in [0.4, 0.5) is 0 Å². The molecule has 0 spiro atoms. The second-order valence-electron chi connectivity index (χ2n) is 8.13. The fourth-order valence-corrected chi connectivity index (χ4v) is 3.54. The maximum atomic E-state index is 12.6. The van der Waals surface area contributed by atoms with Crippen molar-refractivity contribution in [3.63, 3.8) is 0 Å². The molecule has 4 aromatic rings. The van der Waals surface area contributed by atoms with Crippen molar-refractivity contribution >= 4 is 11.9 Å². The largest absolute Gasteiger partial charge is 0.373 e. The molecule has 4 aromatic carbocycles. The minimum atomic E-state index is -0.713. The molecule has 4 rings (SSSR count). The molecular formula is C31H26O6. The van der Waals surface area contributed by atoms with Gasteiger partial charge in [0.05, 0.1) is 11.1 Å². The highest BCUT2D eigenvalue weighted by Gasteiger charge is 2.21. The number of carbonyl (C=O) groups is 2. The zero-order chi connectivity index (χ0) is 25.9. The highest BCUT2D eigenvalue weighted by molar-refractivity contribution is 5.91. The molecule has 0 unspecified atom stereocenters. The quantitative estimate of drug-likeness (QED) is 0.160. The maximum absolute atomic E-state index is 12.6. The molecule has 0 N–H and O–H groups in total. The monoisotopic (exact) mass is 494 g/mol. The van der Waals surface area contributed by atoms with Crippen LogP contribution in [0, 0.1) is 13.2 Å². The van der Waals surface area contributed by atoms with E-state index in [1.165, 1.54) is 0 Å². The summed E-state index contributed by atoms with van der Waals surface area (Å²) in [6, 6.07) is 33.3. The molecule has 0 saturated heterocycles. The summed E-state index contributed by atoms with van der Waals surface area (Å²) in [5, 5.41) is 0. The van der Waals surface area contributed by atoms with Gasteiger partial charge in [0, 0.05) is 6.42 Å². The molecule has 37 heavy (non-hydrogen) atoms. The fourth-order valence-electron chi connectivity index (χ4n) is 3.54. The van der Waals surface area contributed by atoms with Crippen molar-refractivity contribution in [3.8, 4) is 22.3 Å². The maximum Gasteiger partial charge on any atom is 0.373 e. The lowest BCUT2D eigenvalue weighted by molar-refractivity contribution is -0.363. The Morgan fingerprint density at radius 3 is 1.41 bits per heavy atom. The average Bonchev–Trinajstić information content (AvgIpc) is 2.97. The van der Waals surface area contributed by atoms with Crippen LogP contribution >= 0.6 is 0 Å². The van der Waals surface area contributed by atoms with E-state index >= 15 is 0 Å². The van der Waals surface area contributed by atoms with Gasteiger partial charge in [0.25, 0.3) is 0 Å². The zero-order valence-electron chi connectivity index (χ0n) is 20.2. The number of carbonyl (C=O) groups excluding carboxylic acids is 2. The van der Waals surface area contributed by atoms with Gasteiger partial charge in [0.2, 0.25) is 0 Å². The average molecular weight is 495 g/mol. The topological polar surface area (TPSA) is 71.1 Å². The Hall–Kier alpha value is -4.26. The van der Waals surface area contributed by atoms with Crippen molar-refractivity contribution in [3.05, 3.63) is 134 Å². The molecule has 2 radical (unpaired) electrons. The van der Waals surface area contributed by atoms with Crippen LogP contribution in [-0.2, 0) is 19.6 Å². The first-order valence-electron chi connectivity index (χ1n) is 11.9. The summed E-state index contributed by atoms with van der Waals surface area (Å²) < 4.78 is 0. The first-order valence-corrected chi connectivity index (χ1v) is 11.9. The second-order valence-corrected chi connectivity index (χ2v) is 8.13. The van der Waals surface area contributed by atoms with Gasteiger partial charge in [0.1, 0.15) is 0 Å². The molecule has 6 nitrogen and oxygen atoms in total. The SMILES string of the molecule is [CH2]CCC[C](OOC(=O)c1cccc(-c2ccccc2)c1)OOC(=O)c1cccc(-c2ccccc2)c1. The van der Waals surface area contributed by atoms with Gasteiger partial charge in [0.15, 0.2) is 0 Å². The molecule has 0 aliphatic heterocycles. The van der Waals surface area contributed by atoms with E-state index in [0.717, 1.165) is 22.3 Å². The first kappa shape index (κ1) is 25.8. The highest BCUT2D eigenvalue weighted by Crippen LogP contribution is 2.23. The van der Waals surface area contributed by atoms with Gasteiger partial charge in [-0.3, -0.25) is 9.78 Å². The normalized spacial score (nSPS) is 10.8. The van der Waals surface area contributed by atoms with Crippen molar-refractivity contribution in [2.24, 2.45) is 0 Å². The Labute approximate surface area is 216 Å². The Kier molecular flexibility index (Phi) is 9.18. The molecule has 0 fully saturated rings. The molecule has 0 aliphatic carbocycles. The van der Waals surface area contributed by atoms with Gasteiger partial charge in [-0.1, -0.05) is 98.3 Å². The fraction of sp³-hybridized carbons (Fsp3) is 0.0968. The lowest BCUT2D eigenvalue weighted by atomic mass is 10.0. The number of unbranched alkanes of at least 4 members (excludes halogenated alkanes) is 1. The molecule has 0 bridgehead atoms. The number of rotatable bonds is 11. The Balaban J connectivity index is 1.36. The molecule has 0 aromatic heterocycles. The number of hydrogen-bond donors (Lipinski definition) is 0. The van der Waals surface area contributed by atoms with Crippen LogP contribution in [-0.4, -0.2) is 11.9 Å². The minimum Gasteiger partial charge on any atom is -0.289 e. The molecule has 6 heteroatoms. The van der Waals surface area contributed by atoms with E-state index in [1.54, 1.807) is 36.4 Å². The van der Waals surface area contributed by atoms with E-state index in [-0.39, 0.29) is 12.7 Å². The summed E-state index contributed by atoms with van der Waals surface area (Å²) in [5.74, 6) is -1.43. The van der Waals surface area contributed by atoms with Crippen molar-refractivity contribution in [2.45, 2.75) is 19.3 Å². The molecule has 0 aliphatic rings. The van der Waals surface area contributed by atoms with Crippen LogP contribution in [0.25, 0.3) is 22.3 Å². The van der Waals surface area contributed by atoms with E-state index in [2.05, 4.69) is 6.92 Å². The smallest absolute Gasteiger partial charge is 0.289 e. The van der Waals surface area contributed by atoms with Crippen molar-refractivity contribution in [2.75, 3.05) is 0 Å². The van der Waals surface area contributed by atoms with Gasteiger partial charge in [-0.25, -0.2) is 9.59 Å². The van der Waals surface area contributed by atoms with Crippen LogP contribution in [0.2, 0.25) is 0 Å². The lowest BCUT2D eigenvalue weighted by Crippen LogP contribution is -2.16. The first-order chi connectivity index (χ1) is 18.1. The summed E-state index contributed by atoms with van der Waals surface area (Å²) in [5.41, 5.74) is 4.25. The third-order valence-electron chi connectivity index (χ3n) is 5.46. The third-order valence-corrected chi connectivity index (χ3v) is 5.46. The van der Waals surface area contributed by atoms with E-state index in [9.17, 15) is 9.59 Å². The molecule has 0 atom stereocenters. The number of benzene rings is 4. The van der Waals surface area contributed by atoms with Crippen LogP contribution in [0.1, 0.15) is 40.0 Å². The predicted octanol–water partition coefficient (Wildman–Crippen LogP) is 7.39. The van der Waals surface area contributed by atoms with Gasteiger partial charge < -0.3 is 0 Å². The van der Waals surface area contributed by atoms with Gasteiger partial charge in [-0.15, -0.1) is 9.78 Å². The van der Waals surface area contributed by atoms with Crippen LogP contribution in [0.3, 0.4) is 0 Å². The Morgan fingerprint density at radius 1 is 0.541 bits per heavy atom. The highest BCUT2D eigenvalue weighted by atomic mass is 17.3. The molecule has 0 heterocycles.